The molecule has 0 aliphatic carbocycles. The minimum Gasteiger partial charge on any atom is -0.385 e. The van der Waals surface area contributed by atoms with Crippen molar-refractivity contribution in [2.24, 2.45) is 0 Å². The molecule has 0 aliphatic heterocycles. The number of hydrogen-bond donors (Lipinski definition) is 2. The summed E-state index contributed by atoms with van der Waals surface area (Å²) in [6, 6.07) is 15.4. The van der Waals surface area contributed by atoms with Crippen LogP contribution in [0.25, 0.3) is 11.0 Å². The van der Waals surface area contributed by atoms with Crippen molar-refractivity contribution in [3.8, 4) is 0 Å². The van der Waals surface area contributed by atoms with E-state index < -0.39 is 6.10 Å². The number of aromatic nitrogens is 2. The zero-order valence-corrected chi connectivity index (χ0v) is 14.6. The fourth-order valence-corrected chi connectivity index (χ4v) is 3.15. The molecule has 0 saturated heterocycles. The molecule has 1 aromatic heterocycles. The Bertz CT molecular complexity index is 826. The summed E-state index contributed by atoms with van der Waals surface area (Å²) in [7, 11) is 0. The number of halogens is 1. The lowest BCUT2D eigenvalue weighted by Gasteiger charge is -2.10. The first-order chi connectivity index (χ1) is 11.6. The molecule has 0 radical (unpaired) electrons. The fraction of sp³-hybridized carbons (Fsp3) is 0.316. The summed E-state index contributed by atoms with van der Waals surface area (Å²) in [5.41, 5.74) is 9.38. The number of aliphatic hydroxyl groups excluding tert-OH is 1. The van der Waals surface area contributed by atoms with Crippen LogP contribution in [0.3, 0.4) is 0 Å². The molecular formula is C19H23ClN3O+. The second kappa shape index (κ2) is 7.24. The molecule has 1 atom stereocenters. The van der Waals surface area contributed by atoms with Gasteiger partial charge in [-0.25, -0.2) is 9.13 Å². The minimum absolute atomic E-state index is 0.410. The normalized spacial score (nSPS) is 12.6. The standard InChI is InChI=1S/C19H22ClN3O/c1-2-3-12-22-16-6-4-5-7-17(16)23(19(22)21)13-18(24)14-8-10-15(20)11-9-14/h4-11,18,21,24H,2-3,12-13H2,1H3/p+1/t18-/m0/s1. The second-order valence-electron chi connectivity index (χ2n) is 6.03. The van der Waals surface area contributed by atoms with Crippen molar-refractivity contribution in [1.29, 1.82) is 0 Å². The number of unbranched alkanes of at least 4 members (excludes halogenated alkanes) is 1. The van der Waals surface area contributed by atoms with Crippen LogP contribution >= 0.6 is 11.6 Å². The molecule has 0 saturated carbocycles. The quantitative estimate of drug-likeness (QED) is 0.670. The average molecular weight is 345 g/mol. The van der Waals surface area contributed by atoms with Crippen LogP contribution in [-0.4, -0.2) is 9.67 Å². The van der Waals surface area contributed by atoms with Crippen molar-refractivity contribution in [2.75, 3.05) is 5.73 Å². The molecule has 5 heteroatoms. The van der Waals surface area contributed by atoms with Crippen LogP contribution in [0.5, 0.6) is 0 Å². The Hall–Kier alpha value is -2.04. The van der Waals surface area contributed by atoms with E-state index in [2.05, 4.69) is 17.6 Å². The van der Waals surface area contributed by atoms with Crippen LogP contribution in [0.2, 0.25) is 5.02 Å². The molecule has 0 amide bonds. The molecule has 0 spiro atoms. The van der Waals surface area contributed by atoms with Gasteiger partial charge in [0.05, 0.1) is 6.54 Å². The molecule has 4 nitrogen and oxygen atoms in total. The summed E-state index contributed by atoms with van der Waals surface area (Å²) in [5, 5.41) is 11.3. The molecule has 1 heterocycles. The van der Waals surface area contributed by atoms with E-state index in [1.54, 1.807) is 12.1 Å². The van der Waals surface area contributed by atoms with Gasteiger partial charge in [-0.05, 0) is 36.2 Å². The Morgan fingerprint density at radius 2 is 1.88 bits per heavy atom. The van der Waals surface area contributed by atoms with E-state index in [0.717, 1.165) is 36.0 Å². The van der Waals surface area contributed by atoms with Crippen molar-refractivity contribution in [3.63, 3.8) is 0 Å². The maximum atomic E-state index is 10.6. The van der Waals surface area contributed by atoms with Crippen LogP contribution < -0.4 is 10.3 Å². The molecule has 3 N–H and O–H groups in total. The number of aryl methyl sites for hydroxylation is 1. The van der Waals surface area contributed by atoms with Crippen LogP contribution in [0.1, 0.15) is 31.4 Å². The van der Waals surface area contributed by atoms with E-state index in [-0.39, 0.29) is 0 Å². The SMILES string of the molecule is CCCCn1c(N)[n+](C[C@H](O)c2ccc(Cl)cc2)c2ccccc21. The summed E-state index contributed by atoms with van der Waals surface area (Å²) in [5.74, 6) is 0.678. The number of rotatable bonds is 6. The van der Waals surface area contributed by atoms with Gasteiger partial charge in [0.15, 0.2) is 0 Å². The van der Waals surface area contributed by atoms with E-state index in [9.17, 15) is 5.11 Å². The molecule has 0 unspecified atom stereocenters. The molecule has 126 valence electrons. The smallest absolute Gasteiger partial charge is 0.356 e. The van der Waals surface area contributed by atoms with E-state index >= 15 is 0 Å². The highest BCUT2D eigenvalue weighted by molar-refractivity contribution is 6.30. The zero-order valence-electron chi connectivity index (χ0n) is 13.8. The molecule has 0 aliphatic rings. The van der Waals surface area contributed by atoms with Crippen LogP contribution in [-0.2, 0) is 13.1 Å². The van der Waals surface area contributed by atoms with Gasteiger partial charge >= 0.3 is 5.95 Å². The van der Waals surface area contributed by atoms with Gasteiger partial charge in [0.2, 0.25) is 0 Å². The summed E-state index contributed by atoms with van der Waals surface area (Å²) in [6.07, 6.45) is 1.54. The molecule has 3 rings (SSSR count). The summed E-state index contributed by atoms with van der Waals surface area (Å²) in [4.78, 5) is 0. The van der Waals surface area contributed by atoms with Gasteiger partial charge < -0.3 is 5.11 Å². The van der Waals surface area contributed by atoms with Gasteiger partial charge in [-0.15, -0.1) is 0 Å². The number of benzene rings is 2. The lowest BCUT2D eigenvalue weighted by atomic mass is 10.1. The number of hydrogen-bond acceptors (Lipinski definition) is 2. The maximum Gasteiger partial charge on any atom is 0.356 e. The second-order valence-corrected chi connectivity index (χ2v) is 6.47. The number of anilines is 1. The highest BCUT2D eigenvalue weighted by Crippen LogP contribution is 2.21. The Labute approximate surface area is 147 Å². The van der Waals surface area contributed by atoms with Crippen molar-refractivity contribution in [1.82, 2.24) is 4.57 Å². The number of aliphatic hydroxyl groups is 1. The molecule has 24 heavy (non-hydrogen) atoms. The van der Waals surface area contributed by atoms with Gasteiger partial charge in [0.1, 0.15) is 23.7 Å². The molecule has 0 fully saturated rings. The number of para-hydroxylation sites is 2. The van der Waals surface area contributed by atoms with Crippen LogP contribution in [0.4, 0.5) is 5.95 Å². The summed E-state index contributed by atoms with van der Waals surface area (Å²) < 4.78 is 4.12. The molecule has 0 bridgehead atoms. The molecular weight excluding hydrogens is 322 g/mol. The Morgan fingerprint density at radius 1 is 1.17 bits per heavy atom. The number of nitrogens with zero attached hydrogens (tertiary/aromatic N) is 2. The van der Waals surface area contributed by atoms with Crippen molar-refractivity contribution >= 4 is 28.6 Å². The van der Waals surface area contributed by atoms with E-state index in [0.29, 0.717) is 17.5 Å². The van der Waals surface area contributed by atoms with E-state index in [1.165, 1.54) is 0 Å². The van der Waals surface area contributed by atoms with Crippen LogP contribution in [0.15, 0.2) is 48.5 Å². The summed E-state index contributed by atoms with van der Waals surface area (Å²) >= 11 is 5.92. The third-order valence-electron chi connectivity index (χ3n) is 4.36. The molecule has 3 aromatic rings. The third-order valence-corrected chi connectivity index (χ3v) is 4.61. The Kier molecular flexibility index (Phi) is 5.07. The largest absolute Gasteiger partial charge is 0.385 e. The van der Waals surface area contributed by atoms with E-state index in [1.807, 2.05) is 34.9 Å². The minimum atomic E-state index is -0.639. The van der Waals surface area contributed by atoms with Crippen LogP contribution in [0, 0.1) is 0 Å². The lowest BCUT2D eigenvalue weighted by molar-refractivity contribution is -0.666. The van der Waals surface area contributed by atoms with Gasteiger partial charge in [-0.1, -0.05) is 49.2 Å². The van der Waals surface area contributed by atoms with Gasteiger partial charge in [-0.3, -0.25) is 5.73 Å². The first-order valence-corrected chi connectivity index (χ1v) is 8.69. The lowest BCUT2D eigenvalue weighted by Crippen LogP contribution is -2.39. The third kappa shape index (κ3) is 3.25. The average Bonchev–Trinajstić information content (AvgIpc) is 2.85. The monoisotopic (exact) mass is 344 g/mol. The molecule has 2 aromatic carbocycles. The summed E-state index contributed by atoms with van der Waals surface area (Å²) in [6.45, 7) is 3.46. The predicted molar refractivity (Wildman–Crippen MR) is 97.9 cm³/mol. The Balaban J connectivity index is 1.96. The van der Waals surface area contributed by atoms with Gasteiger partial charge in [0.25, 0.3) is 0 Å². The number of nitrogen functional groups attached to an aromatic ring is 1. The first kappa shape index (κ1) is 16.8. The predicted octanol–water partition coefficient (Wildman–Crippen LogP) is 3.70. The number of nitrogens with two attached hydrogens (primary N) is 1. The van der Waals surface area contributed by atoms with Crippen molar-refractivity contribution in [3.05, 3.63) is 59.1 Å². The number of imidazole rings is 1. The highest BCUT2D eigenvalue weighted by atomic mass is 35.5. The van der Waals surface area contributed by atoms with Crippen molar-refractivity contribution < 1.29 is 9.67 Å². The highest BCUT2D eigenvalue weighted by Gasteiger charge is 2.22. The topological polar surface area (TPSA) is 55.1 Å². The number of fused-ring (bicyclic) bond motifs is 1. The zero-order chi connectivity index (χ0) is 17.1. The van der Waals surface area contributed by atoms with Gasteiger partial charge in [0, 0.05) is 5.02 Å². The van der Waals surface area contributed by atoms with Gasteiger partial charge in [-0.2, -0.15) is 0 Å². The van der Waals surface area contributed by atoms with E-state index in [4.69, 9.17) is 17.3 Å². The fourth-order valence-electron chi connectivity index (χ4n) is 3.02. The Morgan fingerprint density at radius 3 is 2.58 bits per heavy atom. The van der Waals surface area contributed by atoms with Crippen molar-refractivity contribution in [2.45, 2.75) is 39.0 Å². The maximum absolute atomic E-state index is 10.6. The first-order valence-electron chi connectivity index (χ1n) is 8.32.